The highest BCUT2D eigenvalue weighted by Gasteiger charge is 2.55. The third-order valence-electron chi connectivity index (χ3n) is 6.27. The number of aryl methyl sites for hydroxylation is 1. The Morgan fingerprint density at radius 1 is 1.22 bits per heavy atom. The van der Waals surface area contributed by atoms with Crippen molar-refractivity contribution in [2.75, 3.05) is 25.7 Å². The first-order valence-corrected chi connectivity index (χ1v) is 11.4. The summed E-state index contributed by atoms with van der Waals surface area (Å²) in [4.78, 5) is 14.9. The smallest absolute Gasteiger partial charge is 0.335 e. The number of methoxy groups -OCH3 is 1. The van der Waals surface area contributed by atoms with Gasteiger partial charge in [-0.3, -0.25) is 0 Å². The number of hydrogen-bond donors (Lipinski definition) is 0. The van der Waals surface area contributed by atoms with Crippen molar-refractivity contribution in [2.24, 2.45) is 7.05 Å². The zero-order valence-electron chi connectivity index (χ0n) is 15.9. The topological polar surface area (TPSA) is 34.5 Å². The number of carbonyl (C=O) groups is 1. The largest absolute Gasteiger partial charge is 0.466 e. The van der Waals surface area contributed by atoms with Gasteiger partial charge in [0.2, 0.25) is 0 Å². The van der Waals surface area contributed by atoms with Crippen molar-refractivity contribution >= 4 is 40.4 Å². The van der Waals surface area contributed by atoms with Crippen molar-refractivity contribution in [3.63, 3.8) is 0 Å². The maximum Gasteiger partial charge on any atom is 0.335 e. The number of esters is 1. The van der Waals surface area contributed by atoms with Crippen molar-refractivity contribution in [3.8, 4) is 0 Å². The molecule has 1 aromatic carbocycles. The van der Waals surface area contributed by atoms with Crippen LogP contribution in [0.15, 0.2) is 36.0 Å². The summed E-state index contributed by atoms with van der Waals surface area (Å²) in [6.07, 6.45) is 4.28. The fourth-order valence-electron chi connectivity index (χ4n) is 5.16. The number of aromatic nitrogens is 1. The van der Waals surface area contributed by atoms with Crippen molar-refractivity contribution < 1.29 is 9.53 Å². The predicted molar refractivity (Wildman–Crippen MR) is 113 cm³/mol. The fourth-order valence-corrected chi connectivity index (χ4v) is 9.03. The van der Waals surface area contributed by atoms with Crippen LogP contribution in [0, 0.1) is 0 Å². The van der Waals surface area contributed by atoms with E-state index in [0.717, 1.165) is 12.0 Å². The van der Waals surface area contributed by atoms with Crippen LogP contribution in [0.2, 0.25) is 0 Å². The van der Waals surface area contributed by atoms with Crippen molar-refractivity contribution in [1.82, 2.24) is 9.47 Å². The molecule has 1 saturated heterocycles. The van der Waals surface area contributed by atoms with Crippen LogP contribution >= 0.6 is 23.5 Å². The Kier molecular flexibility index (Phi) is 4.06. The monoisotopic (exact) mass is 400 g/mol. The summed E-state index contributed by atoms with van der Waals surface area (Å²) in [6, 6.07) is 9.01. The van der Waals surface area contributed by atoms with Crippen LogP contribution in [-0.2, 0) is 20.7 Å². The number of carbonyl (C=O) groups excluding carboxylic acids is 1. The second-order valence-electron chi connectivity index (χ2n) is 7.60. The summed E-state index contributed by atoms with van der Waals surface area (Å²) in [7, 11) is 5.80. The lowest BCUT2D eigenvalue weighted by molar-refractivity contribution is -0.136. The second-order valence-corrected chi connectivity index (χ2v) is 10.5. The van der Waals surface area contributed by atoms with Gasteiger partial charge in [-0.2, -0.15) is 0 Å². The van der Waals surface area contributed by atoms with E-state index in [9.17, 15) is 4.79 Å². The number of ether oxygens (including phenoxy) is 1. The Morgan fingerprint density at radius 3 is 2.70 bits per heavy atom. The second kappa shape index (κ2) is 6.24. The summed E-state index contributed by atoms with van der Waals surface area (Å²) >= 11 is 4.20. The van der Waals surface area contributed by atoms with E-state index in [-0.39, 0.29) is 16.0 Å². The van der Waals surface area contributed by atoms with Gasteiger partial charge < -0.3 is 14.2 Å². The molecule has 6 heteroatoms. The van der Waals surface area contributed by atoms with E-state index < -0.39 is 0 Å². The van der Waals surface area contributed by atoms with E-state index in [1.165, 1.54) is 47.2 Å². The van der Waals surface area contributed by atoms with Crippen LogP contribution in [0.25, 0.3) is 10.9 Å². The van der Waals surface area contributed by atoms with Crippen LogP contribution in [0.1, 0.15) is 30.0 Å². The molecular weight excluding hydrogens is 376 g/mol. The molecule has 1 fully saturated rings. The predicted octanol–water partition coefficient (Wildman–Crippen LogP) is 4.06. The first-order valence-electron chi connectivity index (χ1n) is 9.46. The summed E-state index contributed by atoms with van der Waals surface area (Å²) < 4.78 is 7.56. The highest BCUT2D eigenvalue weighted by Crippen LogP contribution is 2.63. The molecule has 0 radical (unpaired) electrons. The zero-order valence-corrected chi connectivity index (χ0v) is 17.5. The van der Waals surface area contributed by atoms with Crippen LogP contribution in [0.3, 0.4) is 0 Å². The van der Waals surface area contributed by atoms with Crippen LogP contribution in [-0.4, -0.2) is 47.1 Å². The van der Waals surface area contributed by atoms with Gasteiger partial charge in [-0.05, 0) is 36.0 Å². The standard InChI is InChI=1S/C21H24N2O2S2/c1-22-12-15(20(24)25-3)14-11-17(22)21(26-9-6-10-27-21)19-18(14)13-7-4-5-8-16(13)23(19)2/h4-5,7-8,12,14,17H,6,9-11H2,1-3H3. The molecule has 2 aliphatic heterocycles. The minimum Gasteiger partial charge on any atom is -0.466 e. The van der Waals surface area contributed by atoms with Gasteiger partial charge in [0.25, 0.3) is 0 Å². The lowest BCUT2D eigenvalue weighted by Gasteiger charge is -2.53. The van der Waals surface area contributed by atoms with E-state index in [1.807, 2.05) is 6.20 Å². The van der Waals surface area contributed by atoms with Gasteiger partial charge in [0.1, 0.15) is 4.08 Å². The fraction of sp³-hybridized carbons (Fsp3) is 0.476. The Labute approximate surface area is 168 Å². The molecule has 2 aromatic rings. The molecule has 1 aromatic heterocycles. The molecule has 2 atom stereocenters. The molecule has 3 aliphatic rings. The van der Waals surface area contributed by atoms with E-state index in [1.54, 1.807) is 0 Å². The van der Waals surface area contributed by atoms with Crippen LogP contribution in [0.5, 0.6) is 0 Å². The van der Waals surface area contributed by atoms with Crippen LogP contribution in [0.4, 0.5) is 0 Å². The van der Waals surface area contributed by atoms with Gasteiger partial charge in [0, 0.05) is 37.1 Å². The van der Waals surface area contributed by atoms with Gasteiger partial charge in [-0.25, -0.2) is 4.79 Å². The molecule has 0 saturated carbocycles. The highest BCUT2D eigenvalue weighted by molar-refractivity contribution is 8.18. The molecule has 2 unspecified atom stereocenters. The van der Waals surface area contributed by atoms with Crippen molar-refractivity contribution in [2.45, 2.75) is 28.9 Å². The summed E-state index contributed by atoms with van der Waals surface area (Å²) in [5.41, 5.74) is 4.79. The number of hydrogen-bond acceptors (Lipinski definition) is 5. The number of fused-ring (bicyclic) bond motifs is 8. The Bertz CT molecular complexity index is 958. The Morgan fingerprint density at radius 2 is 1.96 bits per heavy atom. The minimum absolute atomic E-state index is 0.0186. The molecule has 4 nitrogen and oxygen atoms in total. The van der Waals surface area contributed by atoms with E-state index in [4.69, 9.17) is 4.74 Å². The lowest BCUT2D eigenvalue weighted by Crippen LogP contribution is -2.52. The van der Waals surface area contributed by atoms with Crippen molar-refractivity contribution in [1.29, 1.82) is 0 Å². The Hall–Kier alpha value is -1.53. The molecule has 2 bridgehead atoms. The average Bonchev–Trinajstić information content (AvgIpc) is 3.01. The number of thioether (sulfide) groups is 2. The number of para-hydroxylation sites is 1. The number of nitrogens with zero attached hydrogens (tertiary/aromatic N) is 2. The van der Waals surface area contributed by atoms with Gasteiger partial charge in [0.05, 0.1) is 24.4 Å². The van der Waals surface area contributed by atoms with Crippen LogP contribution < -0.4 is 0 Å². The number of rotatable bonds is 1. The summed E-state index contributed by atoms with van der Waals surface area (Å²) in [5.74, 6) is 2.28. The minimum atomic E-state index is -0.205. The summed E-state index contributed by atoms with van der Waals surface area (Å²) in [6.45, 7) is 0. The number of likely N-dealkylation sites (N-methyl/N-ethyl adjacent to an activating group) is 1. The van der Waals surface area contributed by atoms with Crippen molar-refractivity contribution in [3.05, 3.63) is 47.3 Å². The molecule has 0 N–H and O–H groups in total. The number of benzene rings is 1. The average molecular weight is 401 g/mol. The molecular formula is C21H24N2O2S2. The molecule has 1 spiro atoms. The molecule has 142 valence electrons. The zero-order chi connectivity index (χ0) is 18.8. The van der Waals surface area contributed by atoms with E-state index in [2.05, 4.69) is 71.4 Å². The van der Waals surface area contributed by atoms with Gasteiger partial charge in [-0.15, -0.1) is 23.5 Å². The molecule has 1 aliphatic carbocycles. The van der Waals surface area contributed by atoms with Gasteiger partial charge in [-0.1, -0.05) is 18.2 Å². The quantitative estimate of drug-likeness (QED) is 0.675. The van der Waals surface area contributed by atoms with E-state index in [0.29, 0.717) is 6.04 Å². The molecule has 5 rings (SSSR count). The molecule has 0 amide bonds. The molecule has 3 heterocycles. The van der Waals surface area contributed by atoms with E-state index >= 15 is 0 Å². The summed E-state index contributed by atoms with van der Waals surface area (Å²) in [5, 5.41) is 1.28. The maximum atomic E-state index is 12.6. The third kappa shape index (κ3) is 2.29. The third-order valence-corrected chi connectivity index (χ3v) is 9.76. The maximum absolute atomic E-state index is 12.6. The highest BCUT2D eigenvalue weighted by atomic mass is 32.2. The first kappa shape index (κ1) is 17.6. The van der Waals surface area contributed by atoms with Gasteiger partial charge in [0.15, 0.2) is 0 Å². The normalized spacial score (nSPS) is 26.0. The molecule has 27 heavy (non-hydrogen) atoms. The first-order chi connectivity index (χ1) is 13.1. The lowest BCUT2D eigenvalue weighted by atomic mass is 9.75. The SMILES string of the molecule is COC(=O)C1=CN(C)C2CC1c1c(n(C)c3ccccc13)C21SCCCS1. The van der Waals surface area contributed by atoms with Gasteiger partial charge >= 0.3 is 5.97 Å². The Balaban J connectivity index is 1.84.